The summed E-state index contributed by atoms with van der Waals surface area (Å²) in [6, 6.07) is 0. The van der Waals surface area contributed by atoms with Crippen LogP contribution >= 0.6 is 0 Å². The first kappa shape index (κ1) is 19.5. The molecule has 2 atom stereocenters. The van der Waals surface area contributed by atoms with Gasteiger partial charge in [0.15, 0.2) is 0 Å². The van der Waals surface area contributed by atoms with Gasteiger partial charge in [0.05, 0.1) is 6.10 Å². The molecule has 1 aliphatic rings. The number of β-amino-alcohol motifs (C(OH)–C–C–N with tert-alkyl or cyclic N) is 1. The van der Waals surface area contributed by atoms with Gasteiger partial charge in [0.1, 0.15) is 0 Å². The molecule has 11 heteroatoms. The lowest BCUT2D eigenvalue weighted by Crippen LogP contribution is -2.34. The molecule has 1 amide bonds. The normalized spacial score (nSPS) is 20.4. The second-order valence-electron chi connectivity index (χ2n) is 6.70. The molecule has 0 saturated carbocycles. The molecule has 148 valence electrons. The lowest BCUT2D eigenvalue weighted by Gasteiger charge is -2.14. The summed E-state index contributed by atoms with van der Waals surface area (Å²) in [6.07, 6.45) is -4.64. The molecule has 2 aromatic heterocycles. The number of alkyl halides is 3. The number of fused-ring (bicyclic) bond motifs is 1. The maximum absolute atomic E-state index is 12.8. The Labute approximate surface area is 153 Å². The van der Waals surface area contributed by atoms with Gasteiger partial charge in [0.2, 0.25) is 5.91 Å². The third-order valence-corrected chi connectivity index (χ3v) is 4.77. The SMILES string of the molecule is Cc1nc2nc(C(F)(F)F)nn2c(C)c1CCC(=O)NCC1CNCC1O. The molecule has 3 heterocycles. The van der Waals surface area contributed by atoms with Crippen molar-refractivity contribution in [3.63, 3.8) is 0 Å². The molecule has 1 fully saturated rings. The molecular formula is C16H21F3N6O2. The monoisotopic (exact) mass is 386 g/mol. The van der Waals surface area contributed by atoms with Crippen molar-refractivity contribution in [3.05, 3.63) is 22.8 Å². The zero-order valence-electron chi connectivity index (χ0n) is 15.0. The summed E-state index contributed by atoms with van der Waals surface area (Å²) in [5.74, 6) is -1.57. The molecule has 3 rings (SSSR count). The van der Waals surface area contributed by atoms with Crippen LogP contribution in [0, 0.1) is 19.8 Å². The fourth-order valence-corrected chi connectivity index (χ4v) is 3.19. The third kappa shape index (κ3) is 4.19. The van der Waals surface area contributed by atoms with Crippen LogP contribution in [0.2, 0.25) is 0 Å². The molecule has 2 aromatic rings. The molecule has 1 saturated heterocycles. The summed E-state index contributed by atoms with van der Waals surface area (Å²) in [5.41, 5.74) is 1.66. The average molecular weight is 386 g/mol. The van der Waals surface area contributed by atoms with Crippen molar-refractivity contribution in [3.8, 4) is 0 Å². The Hall–Kier alpha value is -2.27. The molecule has 2 unspecified atom stereocenters. The van der Waals surface area contributed by atoms with E-state index in [1.165, 1.54) is 0 Å². The van der Waals surface area contributed by atoms with E-state index in [2.05, 4.69) is 25.7 Å². The van der Waals surface area contributed by atoms with Crippen LogP contribution in [0.25, 0.3) is 5.78 Å². The quantitative estimate of drug-likeness (QED) is 0.687. The Morgan fingerprint density at radius 2 is 2.07 bits per heavy atom. The topological polar surface area (TPSA) is 104 Å². The fraction of sp³-hybridized carbons (Fsp3) is 0.625. The maximum Gasteiger partial charge on any atom is 0.453 e. The molecular weight excluding hydrogens is 365 g/mol. The standard InChI is InChI=1S/C16H21F3N6O2/c1-8-11(3-4-13(27)21-6-10-5-20-7-12(10)26)9(2)25-15(22-8)23-14(24-25)16(17,18)19/h10,12,20,26H,3-7H2,1-2H3,(H,21,27). The predicted octanol–water partition coefficient (Wildman–Crippen LogP) is 0.389. The molecule has 0 radical (unpaired) electrons. The van der Waals surface area contributed by atoms with Crippen molar-refractivity contribution in [2.45, 2.75) is 39.0 Å². The minimum absolute atomic E-state index is 0.0219. The van der Waals surface area contributed by atoms with Crippen molar-refractivity contribution >= 4 is 11.7 Å². The highest BCUT2D eigenvalue weighted by molar-refractivity contribution is 5.76. The van der Waals surface area contributed by atoms with Gasteiger partial charge in [-0.25, -0.2) is 9.50 Å². The van der Waals surface area contributed by atoms with Crippen molar-refractivity contribution in [1.82, 2.24) is 30.2 Å². The fourth-order valence-electron chi connectivity index (χ4n) is 3.19. The number of aromatic nitrogens is 4. The van der Waals surface area contributed by atoms with Crippen molar-refractivity contribution in [2.24, 2.45) is 5.92 Å². The number of carbonyl (C=O) groups is 1. The number of hydrogen-bond donors (Lipinski definition) is 3. The molecule has 27 heavy (non-hydrogen) atoms. The first-order valence-electron chi connectivity index (χ1n) is 8.62. The number of aliphatic hydroxyl groups excluding tert-OH is 1. The van der Waals surface area contributed by atoms with Gasteiger partial charge in [-0.2, -0.15) is 18.2 Å². The van der Waals surface area contributed by atoms with E-state index in [0.29, 0.717) is 43.0 Å². The van der Waals surface area contributed by atoms with Gasteiger partial charge in [-0.05, 0) is 25.8 Å². The van der Waals surface area contributed by atoms with Crippen LogP contribution in [0.3, 0.4) is 0 Å². The molecule has 0 bridgehead atoms. The van der Waals surface area contributed by atoms with Gasteiger partial charge in [-0.15, -0.1) is 5.10 Å². The largest absolute Gasteiger partial charge is 0.453 e. The number of rotatable bonds is 5. The Morgan fingerprint density at radius 3 is 2.70 bits per heavy atom. The van der Waals surface area contributed by atoms with Crippen molar-refractivity contribution in [2.75, 3.05) is 19.6 Å². The molecule has 0 spiro atoms. The molecule has 0 aliphatic carbocycles. The van der Waals surface area contributed by atoms with Gasteiger partial charge >= 0.3 is 6.18 Å². The predicted molar refractivity (Wildman–Crippen MR) is 89.0 cm³/mol. The van der Waals surface area contributed by atoms with Crippen LogP contribution in [0.5, 0.6) is 0 Å². The zero-order chi connectivity index (χ0) is 19.8. The van der Waals surface area contributed by atoms with E-state index in [0.717, 1.165) is 4.52 Å². The minimum atomic E-state index is -4.65. The summed E-state index contributed by atoms with van der Waals surface area (Å²) in [6.45, 7) is 4.84. The van der Waals surface area contributed by atoms with Crippen LogP contribution in [-0.4, -0.2) is 56.3 Å². The van der Waals surface area contributed by atoms with Crippen LogP contribution < -0.4 is 10.6 Å². The van der Waals surface area contributed by atoms with Crippen LogP contribution in [0.1, 0.15) is 29.2 Å². The Bertz CT molecular complexity index is 851. The van der Waals surface area contributed by atoms with E-state index in [4.69, 9.17) is 0 Å². The number of halogens is 3. The third-order valence-electron chi connectivity index (χ3n) is 4.77. The smallest absolute Gasteiger partial charge is 0.391 e. The Morgan fingerprint density at radius 1 is 1.33 bits per heavy atom. The van der Waals surface area contributed by atoms with E-state index < -0.39 is 18.1 Å². The number of amides is 1. The number of aliphatic hydroxyl groups is 1. The van der Waals surface area contributed by atoms with E-state index in [9.17, 15) is 23.1 Å². The summed E-state index contributed by atoms with van der Waals surface area (Å²) >= 11 is 0. The zero-order valence-corrected chi connectivity index (χ0v) is 15.0. The van der Waals surface area contributed by atoms with Crippen LogP contribution in [0.4, 0.5) is 13.2 Å². The summed E-state index contributed by atoms with van der Waals surface area (Å²) in [4.78, 5) is 19.6. The maximum atomic E-state index is 12.8. The highest BCUT2D eigenvalue weighted by Gasteiger charge is 2.37. The second kappa shape index (κ2) is 7.39. The van der Waals surface area contributed by atoms with Gasteiger partial charge in [0, 0.05) is 43.4 Å². The number of nitrogens with one attached hydrogen (secondary N) is 2. The van der Waals surface area contributed by atoms with Crippen LogP contribution in [0.15, 0.2) is 0 Å². The summed E-state index contributed by atoms with van der Waals surface area (Å²) in [5, 5.41) is 19.0. The summed E-state index contributed by atoms with van der Waals surface area (Å²) in [7, 11) is 0. The number of nitrogens with zero attached hydrogens (tertiary/aromatic N) is 4. The second-order valence-corrected chi connectivity index (χ2v) is 6.70. The molecule has 3 N–H and O–H groups in total. The Kier molecular flexibility index (Phi) is 5.33. The lowest BCUT2D eigenvalue weighted by molar-refractivity contribution is -0.144. The average Bonchev–Trinajstić information content (AvgIpc) is 3.18. The van der Waals surface area contributed by atoms with Gasteiger partial charge in [-0.3, -0.25) is 4.79 Å². The van der Waals surface area contributed by atoms with Crippen molar-refractivity contribution < 1.29 is 23.1 Å². The first-order chi connectivity index (χ1) is 12.7. The molecule has 0 aromatic carbocycles. The highest BCUT2D eigenvalue weighted by Crippen LogP contribution is 2.27. The van der Waals surface area contributed by atoms with Gasteiger partial charge < -0.3 is 15.7 Å². The van der Waals surface area contributed by atoms with E-state index in [1.54, 1.807) is 13.8 Å². The van der Waals surface area contributed by atoms with E-state index in [1.807, 2.05) is 0 Å². The molecule has 8 nitrogen and oxygen atoms in total. The number of aryl methyl sites for hydroxylation is 2. The van der Waals surface area contributed by atoms with Crippen LogP contribution in [-0.2, 0) is 17.4 Å². The van der Waals surface area contributed by atoms with E-state index >= 15 is 0 Å². The lowest BCUT2D eigenvalue weighted by atomic mass is 10.1. The number of hydrogen-bond acceptors (Lipinski definition) is 6. The van der Waals surface area contributed by atoms with Gasteiger partial charge in [0.25, 0.3) is 11.6 Å². The highest BCUT2D eigenvalue weighted by atomic mass is 19.4. The van der Waals surface area contributed by atoms with E-state index in [-0.39, 0.29) is 24.0 Å². The van der Waals surface area contributed by atoms with Crippen molar-refractivity contribution in [1.29, 1.82) is 0 Å². The summed E-state index contributed by atoms with van der Waals surface area (Å²) < 4.78 is 39.5. The molecule has 1 aliphatic heterocycles. The number of carbonyl (C=O) groups excluding carboxylic acids is 1. The first-order valence-corrected chi connectivity index (χ1v) is 8.62. The van der Waals surface area contributed by atoms with Gasteiger partial charge in [-0.1, -0.05) is 0 Å². The minimum Gasteiger partial charge on any atom is -0.391 e. The Balaban J connectivity index is 1.68.